The molecule has 0 aliphatic carbocycles. The molecule has 0 spiro atoms. The minimum absolute atomic E-state index is 0.205. The lowest BCUT2D eigenvalue weighted by Crippen LogP contribution is -2.02. The summed E-state index contributed by atoms with van der Waals surface area (Å²) in [5.74, 6) is -0.991. The van der Waals surface area contributed by atoms with Gasteiger partial charge in [-0.1, -0.05) is 35.3 Å². The van der Waals surface area contributed by atoms with Crippen molar-refractivity contribution in [1.29, 1.82) is 0 Å². The monoisotopic (exact) mass is 281 g/mol. The minimum atomic E-state index is -0.991. The Morgan fingerprint density at radius 3 is 2.67 bits per heavy atom. The number of carboxylic acids is 1. The molecule has 0 saturated carbocycles. The lowest BCUT2D eigenvalue weighted by molar-refractivity contribution is 0.0696. The standard InChI is InChI=1S/C13H9Cl2NO2/c1-7-8(13(17)18)5-6-16-12(7)9-3-2-4-10(14)11(9)15/h2-6H,1H3,(H,17,18). The maximum absolute atomic E-state index is 11.1. The van der Waals surface area contributed by atoms with Crippen molar-refractivity contribution in [2.24, 2.45) is 0 Å². The van der Waals surface area contributed by atoms with Crippen molar-refractivity contribution >= 4 is 29.2 Å². The molecule has 1 N–H and O–H groups in total. The number of pyridine rings is 1. The highest BCUT2D eigenvalue weighted by Crippen LogP contribution is 2.34. The molecule has 2 aromatic rings. The predicted octanol–water partition coefficient (Wildman–Crippen LogP) is 4.06. The summed E-state index contributed by atoms with van der Waals surface area (Å²) in [5.41, 5.74) is 1.93. The van der Waals surface area contributed by atoms with Crippen molar-refractivity contribution in [2.75, 3.05) is 0 Å². The van der Waals surface area contributed by atoms with Crippen LogP contribution in [0.4, 0.5) is 0 Å². The maximum Gasteiger partial charge on any atom is 0.336 e. The molecule has 0 bridgehead atoms. The summed E-state index contributed by atoms with van der Waals surface area (Å²) in [5, 5.41) is 9.86. The first kappa shape index (κ1) is 12.9. The Morgan fingerprint density at radius 1 is 1.28 bits per heavy atom. The van der Waals surface area contributed by atoms with E-state index in [0.29, 0.717) is 26.9 Å². The van der Waals surface area contributed by atoms with Crippen LogP contribution in [0.3, 0.4) is 0 Å². The molecule has 5 heteroatoms. The molecule has 1 aromatic heterocycles. The van der Waals surface area contributed by atoms with Crippen LogP contribution in [0.5, 0.6) is 0 Å². The van der Waals surface area contributed by atoms with Gasteiger partial charge < -0.3 is 5.11 Å². The van der Waals surface area contributed by atoms with Crippen LogP contribution >= 0.6 is 23.2 Å². The molecule has 18 heavy (non-hydrogen) atoms. The third-order valence-corrected chi connectivity index (χ3v) is 3.46. The lowest BCUT2D eigenvalue weighted by atomic mass is 10.0. The highest BCUT2D eigenvalue weighted by atomic mass is 35.5. The number of benzene rings is 1. The summed E-state index contributed by atoms with van der Waals surface area (Å²) in [6.45, 7) is 1.70. The van der Waals surface area contributed by atoms with E-state index in [0.717, 1.165) is 0 Å². The first-order valence-corrected chi connectivity index (χ1v) is 5.91. The van der Waals surface area contributed by atoms with Crippen molar-refractivity contribution in [3.63, 3.8) is 0 Å². The molecule has 0 atom stereocenters. The summed E-state index contributed by atoms with van der Waals surface area (Å²) in [7, 11) is 0. The first-order chi connectivity index (χ1) is 8.52. The SMILES string of the molecule is Cc1c(C(=O)O)ccnc1-c1cccc(Cl)c1Cl. The number of rotatable bonds is 2. The number of aromatic carboxylic acids is 1. The van der Waals surface area contributed by atoms with Gasteiger partial charge in [-0.25, -0.2) is 4.79 Å². The van der Waals surface area contributed by atoms with Crippen molar-refractivity contribution in [2.45, 2.75) is 6.92 Å². The van der Waals surface area contributed by atoms with Gasteiger partial charge in [0.15, 0.2) is 0 Å². The Hall–Kier alpha value is -1.58. The molecule has 1 heterocycles. The second kappa shape index (κ2) is 4.96. The van der Waals surface area contributed by atoms with Gasteiger partial charge in [0.1, 0.15) is 0 Å². The number of carbonyl (C=O) groups is 1. The molecule has 0 aliphatic rings. The fourth-order valence-corrected chi connectivity index (χ4v) is 2.12. The zero-order valence-electron chi connectivity index (χ0n) is 9.45. The molecule has 3 nitrogen and oxygen atoms in total. The fourth-order valence-electron chi connectivity index (χ4n) is 1.73. The Bertz CT molecular complexity index is 626. The Balaban J connectivity index is 2.69. The number of carboxylic acid groups (broad SMARTS) is 1. The molecule has 0 saturated heterocycles. The van der Waals surface area contributed by atoms with Gasteiger partial charge >= 0.3 is 5.97 Å². The smallest absolute Gasteiger partial charge is 0.336 e. The van der Waals surface area contributed by atoms with E-state index in [1.165, 1.54) is 12.3 Å². The van der Waals surface area contributed by atoms with Crippen molar-refractivity contribution in [3.8, 4) is 11.3 Å². The van der Waals surface area contributed by atoms with E-state index in [9.17, 15) is 4.79 Å². The van der Waals surface area contributed by atoms with Crippen LogP contribution in [0.2, 0.25) is 10.0 Å². The van der Waals surface area contributed by atoms with Gasteiger partial charge in [0.25, 0.3) is 0 Å². The topological polar surface area (TPSA) is 50.2 Å². The van der Waals surface area contributed by atoms with Gasteiger partial charge in [-0.3, -0.25) is 4.98 Å². The summed E-state index contributed by atoms with van der Waals surface area (Å²) in [4.78, 5) is 15.3. The van der Waals surface area contributed by atoms with Crippen molar-refractivity contribution in [3.05, 3.63) is 51.6 Å². The molecule has 2 rings (SSSR count). The number of nitrogens with zero attached hydrogens (tertiary/aromatic N) is 1. The van der Waals surface area contributed by atoms with Crippen LogP contribution in [0.25, 0.3) is 11.3 Å². The van der Waals surface area contributed by atoms with Gasteiger partial charge in [-0.15, -0.1) is 0 Å². The van der Waals surface area contributed by atoms with Gasteiger partial charge in [0.05, 0.1) is 21.3 Å². The highest BCUT2D eigenvalue weighted by Gasteiger charge is 2.15. The molecule has 1 aromatic carbocycles. The Labute approximate surface area is 114 Å². The average molecular weight is 282 g/mol. The molecule has 0 unspecified atom stereocenters. The largest absolute Gasteiger partial charge is 0.478 e. The number of halogens is 2. The quantitative estimate of drug-likeness (QED) is 0.903. The second-order valence-corrected chi connectivity index (χ2v) is 4.52. The van der Waals surface area contributed by atoms with E-state index in [-0.39, 0.29) is 5.56 Å². The Kier molecular flexibility index (Phi) is 3.55. The molecular formula is C13H9Cl2NO2. The van der Waals surface area contributed by atoms with E-state index < -0.39 is 5.97 Å². The van der Waals surface area contributed by atoms with Crippen LogP contribution in [-0.2, 0) is 0 Å². The third kappa shape index (κ3) is 2.19. The maximum atomic E-state index is 11.1. The summed E-state index contributed by atoms with van der Waals surface area (Å²) in [6, 6.07) is 6.64. The van der Waals surface area contributed by atoms with Gasteiger partial charge in [0.2, 0.25) is 0 Å². The lowest BCUT2D eigenvalue weighted by Gasteiger charge is -2.10. The zero-order valence-corrected chi connectivity index (χ0v) is 11.0. The average Bonchev–Trinajstić information content (AvgIpc) is 2.33. The third-order valence-electron chi connectivity index (χ3n) is 2.64. The van der Waals surface area contributed by atoms with Gasteiger partial charge in [0, 0.05) is 11.8 Å². The zero-order chi connectivity index (χ0) is 13.3. The molecule has 0 fully saturated rings. The van der Waals surface area contributed by atoms with E-state index in [1.807, 2.05) is 0 Å². The van der Waals surface area contributed by atoms with E-state index in [1.54, 1.807) is 25.1 Å². The van der Waals surface area contributed by atoms with Gasteiger partial charge in [-0.05, 0) is 24.6 Å². The first-order valence-electron chi connectivity index (χ1n) is 5.15. The fraction of sp³-hybridized carbons (Fsp3) is 0.0769. The van der Waals surface area contributed by atoms with Crippen LogP contribution in [-0.4, -0.2) is 16.1 Å². The van der Waals surface area contributed by atoms with Crippen molar-refractivity contribution in [1.82, 2.24) is 4.98 Å². The molecule has 0 aliphatic heterocycles. The van der Waals surface area contributed by atoms with Crippen LogP contribution in [0, 0.1) is 6.92 Å². The van der Waals surface area contributed by atoms with E-state index in [2.05, 4.69) is 4.98 Å². The Morgan fingerprint density at radius 2 is 2.00 bits per heavy atom. The highest BCUT2D eigenvalue weighted by molar-refractivity contribution is 6.43. The number of hydrogen-bond acceptors (Lipinski definition) is 2. The molecule has 92 valence electrons. The second-order valence-electron chi connectivity index (χ2n) is 3.74. The van der Waals surface area contributed by atoms with Crippen molar-refractivity contribution < 1.29 is 9.90 Å². The summed E-state index contributed by atoms with van der Waals surface area (Å²) in [6.07, 6.45) is 1.45. The summed E-state index contributed by atoms with van der Waals surface area (Å²) >= 11 is 12.1. The van der Waals surface area contributed by atoms with Crippen LogP contribution in [0.15, 0.2) is 30.5 Å². The van der Waals surface area contributed by atoms with Gasteiger partial charge in [-0.2, -0.15) is 0 Å². The number of hydrogen-bond donors (Lipinski definition) is 1. The molecule has 0 amide bonds. The molecule has 0 radical (unpaired) electrons. The van der Waals surface area contributed by atoms with Crippen LogP contribution < -0.4 is 0 Å². The normalized spacial score (nSPS) is 10.4. The molecular weight excluding hydrogens is 273 g/mol. The predicted molar refractivity (Wildman–Crippen MR) is 71.4 cm³/mol. The van der Waals surface area contributed by atoms with E-state index >= 15 is 0 Å². The van der Waals surface area contributed by atoms with Crippen LogP contribution in [0.1, 0.15) is 15.9 Å². The number of aromatic nitrogens is 1. The minimum Gasteiger partial charge on any atom is -0.478 e. The summed E-state index contributed by atoms with van der Waals surface area (Å²) < 4.78 is 0. The van der Waals surface area contributed by atoms with E-state index in [4.69, 9.17) is 28.3 Å².